The normalized spacial score (nSPS) is 21.3. The van der Waals surface area contributed by atoms with Crippen LogP contribution in [-0.4, -0.2) is 43.0 Å². The SMILES string of the molecule is COc1cccc([C@@H]2NN(C(=O)c3cccc(Br)c3)[C@@H]3C(=O)N(c4ccccc4OC)C(=O)[C@@H]32)c1. The van der Waals surface area contributed by atoms with E-state index in [1.807, 2.05) is 18.2 Å². The zero-order valence-electron chi connectivity index (χ0n) is 19.0. The van der Waals surface area contributed by atoms with Crippen molar-refractivity contribution in [1.82, 2.24) is 10.4 Å². The number of carbonyl (C=O) groups excluding carboxylic acids is 3. The molecule has 2 aliphatic heterocycles. The lowest BCUT2D eigenvalue weighted by atomic mass is 9.90. The fourth-order valence-electron chi connectivity index (χ4n) is 4.70. The summed E-state index contributed by atoms with van der Waals surface area (Å²) in [7, 11) is 3.04. The van der Waals surface area contributed by atoms with Gasteiger partial charge in [-0.15, -0.1) is 0 Å². The van der Waals surface area contributed by atoms with Gasteiger partial charge in [0.25, 0.3) is 11.8 Å². The third-order valence-corrected chi connectivity index (χ3v) is 6.80. The monoisotopic (exact) mass is 535 g/mol. The number of benzene rings is 3. The van der Waals surface area contributed by atoms with Crippen LogP contribution in [0.2, 0.25) is 0 Å². The number of anilines is 1. The molecule has 2 fully saturated rings. The van der Waals surface area contributed by atoms with Crippen molar-refractivity contribution in [3.05, 3.63) is 88.4 Å². The van der Waals surface area contributed by atoms with Crippen molar-refractivity contribution in [3.63, 3.8) is 0 Å². The molecule has 3 aromatic rings. The van der Waals surface area contributed by atoms with E-state index in [0.29, 0.717) is 22.7 Å². The topological polar surface area (TPSA) is 88.2 Å². The number of amides is 3. The van der Waals surface area contributed by atoms with Gasteiger partial charge in [-0.25, -0.2) is 10.3 Å². The molecule has 3 aromatic carbocycles. The maximum absolute atomic E-state index is 13.8. The second kappa shape index (κ2) is 9.16. The number of hydrazine groups is 1. The molecule has 0 aromatic heterocycles. The molecular weight excluding hydrogens is 514 g/mol. The van der Waals surface area contributed by atoms with Gasteiger partial charge in [0.05, 0.1) is 31.9 Å². The highest BCUT2D eigenvalue weighted by Crippen LogP contribution is 2.44. The first-order valence-electron chi connectivity index (χ1n) is 10.9. The summed E-state index contributed by atoms with van der Waals surface area (Å²) in [6.07, 6.45) is 0. The number of hydrogen-bond acceptors (Lipinski definition) is 6. The Morgan fingerprint density at radius 3 is 2.43 bits per heavy atom. The van der Waals surface area contributed by atoms with E-state index < -0.39 is 35.7 Å². The molecule has 3 atom stereocenters. The predicted molar refractivity (Wildman–Crippen MR) is 132 cm³/mol. The van der Waals surface area contributed by atoms with E-state index in [0.717, 1.165) is 14.9 Å². The minimum atomic E-state index is -1.03. The Balaban J connectivity index is 1.61. The number of hydrogen-bond donors (Lipinski definition) is 1. The molecule has 2 heterocycles. The van der Waals surface area contributed by atoms with E-state index in [1.165, 1.54) is 12.1 Å². The second-order valence-corrected chi connectivity index (χ2v) is 9.14. The lowest BCUT2D eigenvalue weighted by Gasteiger charge is -2.26. The fourth-order valence-corrected chi connectivity index (χ4v) is 5.10. The summed E-state index contributed by atoms with van der Waals surface area (Å²) in [6, 6.07) is 19.3. The van der Waals surface area contributed by atoms with Gasteiger partial charge in [0.2, 0.25) is 5.91 Å². The Morgan fingerprint density at radius 1 is 0.914 bits per heavy atom. The lowest BCUT2D eigenvalue weighted by molar-refractivity contribution is -0.123. The summed E-state index contributed by atoms with van der Waals surface area (Å²) in [5.41, 5.74) is 4.61. The summed E-state index contributed by atoms with van der Waals surface area (Å²) in [5, 5.41) is 1.28. The Bertz CT molecular complexity index is 1330. The lowest BCUT2D eigenvalue weighted by Crippen LogP contribution is -2.48. The van der Waals surface area contributed by atoms with Crippen LogP contribution >= 0.6 is 15.9 Å². The summed E-state index contributed by atoms with van der Waals surface area (Å²) in [4.78, 5) is 42.3. The first kappa shape index (κ1) is 23.1. The number of rotatable bonds is 5. The van der Waals surface area contributed by atoms with Gasteiger partial charge in [-0.2, -0.15) is 0 Å². The van der Waals surface area contributed by atoms with Crippen molar-refractivity contribution in [3.8, 4) is 11.5 Å². The summed E-state index contributed by atoms with van der Waals surface area (Å²) >= 11 is 3.39. The third-order valence-electron chi connectivity index (χ3n) is 6.30. The zero-order valence-corrected chi connectivity index (χ0v) is 20.6. The molecule has 0 bridgehead atoms. The zero-order chi connectivity index (χ0) is 24.7. The Morgan fingerprint density at radius 2 is 1.69 bits per heavy atom. The van der Waals surface area contributed by atoms with Gasteiger partial charge >= 0.3 is 0 Å². The van der Waals surface area contributed by atoms with Crippen LogP contribution in [0.25, 0.3) is 0 Å². The van der Waals surface area contributed by atoms with Gasteiger partial charge in [-0.3, -0.25) is 19.4 Å². The van der Waals surface area contributed by atoms with Gasteiger partial charge in [0, 0.05) is 10.0 Å². The van der Waals surface area contributed by atoms with E-state index >= 15 is 0 Å². The molecule has 178 valence electrons. The maximum Gasteiger partial charge on any atom is 0.268 e. The molecule has 3 amide bonds. The highest BCUT2D eigenvalue weighted by atomic mass is 79.9. The van der Waals surface area contributed by atoms with Gasteiger partial charge in [0.1, 0.15) is 17.5 Å². The molecule has 2 aliphatic rings. The summed E-state index contributed by atoms with van der Waals surface area (Å²) < 4.78 is 11.5. The molecule has 0 spiro atoms. The summed E-state index contributed by atoms with van der Waals surface area (Å²) in [5.74, 6) is -1.15. The molecule has 35 heavy (non-hydrogen) atoms. The van der Waals surface area contributed by atoms with Crippen LogP contribution in [0.3, 0.4) is 0 Å². The van der Waals surface area contributed by atoms with Crippen molar-refractivity contribution in [2.24, 2.45) is 5.92 Å². The molecule has 9 heteroatoms. The number of carbonyl (C=O) groups is 3. The Kier molecular flexibility index (Phi) is 6.04. The second-order valence-electron chi connectivity index (χ2n) is 8.22. The van der Waals surface area contributed by atoms with Crippen LogP contribution in [0.1, 0.15) is 22.0 Å². The molecule has 2 saturated heterocycles. The molecular formula is C26H22BrN3O5. The number of nitrogens with one attached hydrogen (secondary N) is 1. The van der Waals surface area contributed by atoms with Crippen LogP contribution in [0.15, 0.2) is 77.3 Å². The van der Waals surface area contributed by atoms with Gasteiger partial charge in [-0.05, 0) is 48.0 Å². The predicted octanol–water partition coefficient (Wildman–Crippen LogP) is 3.73. The van der Waals surface area contributed by atoms with Crippen molar-refractivity contribution in [1.29, 1.82) is 0 Å². The number of ether oxygens (including phenoxy) is 2. The molecule has 0 aliphatic carbocycles. The van der Waals surface area contributed by atoms with E-state index in [-0.39, 0.29) is 0 Å². The quantitative estimate of drug-likeness (QED) is 0.501. The van der Waals surface area contributed by atoms with Gasteiger partial charge in [0.15, 0.2) is 0 Å². The minimum absolute atomic E-state index is 0.346. The Hall–Kier alpha value is -3.69. The number of para-hydroxylation sites is 2. The van der Waals surface area contributed by atoms with E-state index in [4.69, 9.17) is 9.47 Å². The maximum atomic E-state index is 13.8. The smallest absolute Gasteiger partial charge is 0.268 e. The van der Waals surface area contributed by atoms with Gasteiger partial charge in [-0.1, -0.05) is 46.3 Å². The standard InChI is InChI=1S/C26H22BrN3O5/c1-34-18-10-6-7-15(14-18)22-21-23(30(28-22)24(31)16-8-5-9-17(27)13-16)26(33)29(25(21)32)19-11-3-4-12-20(19)35-2/h3-14,21-23,28H,1-2H3/t21-,22+,23+/m1/s1. The fraction of sp³-hybridized carbons (Fsp3) is 0.192. The molecule has 5 rings (SSSR count). The average Bonchev–Trinajstić information content (AvgIpc) is 3.40. The minimum Gasteiger partial charge on any atom is -0.497 e. The molecule has 0 unspecified atom stereocenters. The molecule has 8 nitrogen and oxygen atoms in total. The number of nitrogens with zero attached hydrogens (tertiary/aromatic N) is 2. The molecule has 0 saturated carbocycles. The van der Waals surface area contributed by atoms with Crippen LogP contribution in [-0.2, 0) is 9.59 Å². The number of fused-ring (bicyclic) bond motifs is 1. The third kappa shape index (κ3) is 3.86. The Labute approximate surface area is 210 Å². The van der Waals surface area contributed by atoms with Crippen molar-refractivity contribution >= 4 is 39.3 Å². The number of halogens is 1. The highest BCUT2D eigenvalue weighted by Gasteiger charge is 2.60. The largest absolute Gasteiger partial charge is 0.497 e. The van der Waals surface area contributed by atoms with Crippen LogP contribution in [0.4, 0.5) is 5.69 Å². The van der Waals surface area contributed by atoms with Gasteiger partial charge < -0.3 is 9.47 Å². The van der Waals surface area contributed by atoms with Crippen molar-refractivity contribution in [2.45, 2.75) is 12.1 Å². The number of methoxy groups -OCH3 is 2. The van der Waals surface area contributed by atoms with Crippen LogP contribution < -0.4 is 19.8 Å². The van der Waals surface area contributed by atoms with Crippen molar-refractivity contribution in [2.75, 3.05) is 19.1 Å². The molecule has 0 radical (unpaired) electrons. The first-order valence-corrected chi connectivity index (χ1v) is 11.7. The van der Waals surface area contributed by atoms with Crippen LogP contribution in [0.5, 0.6) is 11.5 Å². The highest BCUT2D eigenvalue weighted by molar-refractivity contribution is 9.10. The average molecular weight is 536 g/mol. The van der Waals surface area contributed by atoms with E-state index in [9.17, 15) is 14.4 Å². The number of imide groups is 1. The van der Waals surface area contributed by atoms with E-state index in [2.05, 4.69) is 21.4 Å². The van der Waals surface area contributed by atoms with E-state index in [1.54, 1.807) is 61.7 Å². The van der Waals surface area contributed by atoms with Crippen molar-refractivity contribution < 1.29 is 23.9 Å². The first-order chi connectivity index (χ1) is 16.9. The van der Waals surface area contributed by atoms with Crippen LogP contribution in [0, 0.1) is 5.92 Å². The summed E-state index contributed by atoms with van der Waals surface area (Å²) in [6.45, 7) is 0. The molecule has 1 N–H and O–H groups in total.